The Hall–Kier alpha value is -2.40. The summed E-state index contributed by atoms with van der Waals surface area (Å²) in [5.41, 5.74) is 2.79. The number of piperazine rings is 1. The van der Waals surface area contributed by atoms with E-state index in [9.17, 15) is 9.90 Å². The maximum absolute atomic E-state index is 10.7. The number of phenolic OH excluding ortho intramolecular Hbond substituents is 1. The first-order valence-corrected chi connectivity index (χ1v) is 7.41. The van der Waals surface area contributed by atoms with Crippen molar-refractivity contribution in [3.05, 3.63) is 48.2 Å². The second-order valence-corrected chi connectivity index (χ2v) is 5.48. The molecule has 1 aliphatic rings. The molecule has 1 fully saturated rings. The van der Waals surface area contributed by atoms with Crippen LogP contribution in [0.2, 0.25) is 0 Å². The number of rotatable bonds is 4. The van der Waals surface area contributed by atoms with Crippen molar-refractivity contribution in [2.75, 3.05) is 26.2 Å². The minimum atomic E-state index is 0.303. The van der Waals surface area contributed by atoms with Crippen LogP contribution in [0.25, 0.3) is 11.3 Å². The molecular weight excluding hydrogens is 278 g/mol. The lowest BCUT2D eigenvalue weighted by Crippen LogP contribution is -2.45. The molecule has 0 aliphatic carbocycles. The fourth-order valence-corrected chi connectivity index (χ4v) is 2.67. The summed E-state index contributed by atoms with van der Waals surface area (Å²) in [6.45, 7) is 3.81. The SMILES string of the molecule is O=CN1CCN(Cc2cc(-c3ccccn3)ccc2O)CC1. The zero-order valence-corrected chi connectivity index (χ0v) is 12.4. The fraction of sp³-hybridized carbons (Fsp3) is 0.294. The molecule has 1 N–H and O–H groups in total. The van der Waals surface area contributed by atoms with Crippen LogP contribution in [-0.4, -0.2) is 52.5 Å². The van der Waals surface area contributed by atoms with Crippen molar-refractivity contribution in [2.24, 2.45) is 0 Å². The van der Waals surface area contributed by atoms with E-state index in [1.807, 2.05) is 30.3 Å². The van der Waals surface area contributed by atoms with Gasteiger partial charge in [-0.2, -0.15) is 0 Å². The third-order valence-corrected chi connectivity index (χ3v) is 3.99. The summed E-state index contributed by atoms with van der Waals surface area (Å²) in [4.78, 5) is 19.1. The minimum absolute atomic E-state index is 0.303. The molecule has 0 saturated carbocycles. The van der Waals surface area contributed by atoms with Gasteiger partial charge >= 0.3 is 0 Å². The monoisotopic (exact) mass is 297 g/mol. The van der Waals surface area contributed by atoms with Gasteiger partial charge in [-0.25, -0.2) is 0 Å². The largest absolute Gasteiger partial charge is 0.508 e. The van der Waals surface area contributed by atoms with Crippen molar-refractivity contribution >= 4 is 6.41 Å². The van der Waals surface area contributed by atoms with Crippen LogP contribution in [0.15, 0.2) is 42.6 Å². The molecule has 0 atom stereocenters. The van der Waals surface area contributed by atoms with Crippen molar-refractivity contribution in [3.63, 3.8) is 0 Å². The van der Waals surface area contributed by atoms with Gasteiger partial charge in [0.15, 0.2) is 0 Å². The molecule has 22 heavy (non-hydrogen) atoms. The van der Waals surface area contributed by atoms with Crippen LogP contribution >= 0.6 is 0 Å². The molecule has 0 radical (unpaired) electrons. The Kier molecular flexibility index (Phi) is 4.34. The number of aromatic hydroxyl groups is 1. The number of pyridine rings is 1. The standard InChI is InChI=1S/C17H19N3O2/c21-13-20-9-7-19(8-10-20)12-15-11-14(4-5-17(15)22)16-3-1-2-6-18-16/h1-6,11,13,22H,7-10,12H2. The summed E-state index contributed by atoms with van der Waals surface area (Å²) in [6.07, 6.45) is 2.66. The van der Waals surface area contributed by atoms with E-state index in [0.29, 0.717) is 12.3 Å². The summed E-state index contributed by atoms with van der Waals surface area (Å²) >= 11 is 0. The topological polar surface area (TPSA) is 56.7 Å². The van der Waals surface area contributed by atoms with Crippen molar-refractivity contribution in [3.8, 4) is 17.0 Å². The van der Waals surface area contributed by atoms with Crippen LogP contribution in [0.3, 0.4) is 0 Å². The summed E-state index contributed by atoms with van der Waals surface area (Å²) in [5, 5.41) is 10.1. The molecule has 0 bridgehead atoms. The molecule has 114 valence electrons. The molecule has 1 aromatic heterocycles. The Morgan fingerprint density at radius 1 is 1.14 bits per heavy atom. The number of hydrogen-bond acceptors (Lipinski definition) is 4. The van der Waals surface area contributed by atoms with E-state index in [1.54, 1.807) is 17.2 Å². The number of phenols is 1. The highest BCUT2D eigenvalue weighted by Crippen LogP contribution is 2.26. The smallest absolute Gasteiger partial charge is 0.209 e. The molecule has 2 aromatic rings. The van der Waals surface area contributed by atoms with E-state index in [4.69, 9.17) is 0 Å². The van der Waals surface area contributed by atoms with E-state index >= 15 is 0 Å². The van der Waals surface area contributed by atoms with Gasteiger partial charge in [0.1, 0.15) is 5.75 Å². The number of nitrogens with zero attached hydrogens (tertiary/aromatic N) is 3. The van der Waals surface area contributed by atoms with Gasteiger partial charge in [0.05, 0.1) is 5.69 Å². The van der Waals surface area contributed by atoms with Gasteiger partial charge in [0.2, 0.25) is 6.41 Å². The van der Waals surface area contributed by atoms with E-state index in [2.05, 4.69) is 9.88 Å². The van der Waals surface area contributed by atoms with Gasteiger partial charge in [-0.15, -0.1) is 0 Å². The molecule has 1 aromatic carbocycles. The molecule has 0 unspecified atom stereocenters. The van der Waals surface area contributed by atoms with Gasteiger partial charge < -0.3 is 10.0 Å². The molecule has 2 heterocycles. The zero-order chi connectivity index (χ0) is 15.4. The van der Waals surface area contributed by atoms with Crippen molar-refractivity contribution in [1.82, 2.24) is 14.8 Å². The Balaban J connectivity index is 1.75. The van der Waals surface area contributed by atoms with Gasteiger partial charge in [-0.05, 0) is 30.3 Å². The van der Waals surface area contributed by atoms with Crippen LogP contribution in [0.1, 0.15) is 5.56 Å². The molecule has 5 heteroatoms. The molecule has 0 spiro atoms. The van der Waals surface area contributed by atoms with Gasteiger partial charge in [0.25, 0.3) is 0 Å². The lowest BCUT2D eigenvalue weighted by molar-refractivity contribution is -0.119. The van der Waals surface area contributed by atoms with Crippen molar-refractivity contribution in [2.45, 2.75) is 6.54 Å². The molecule has 5 nitrogen and oxygen atoms in total. The number of carbonyl (C=O) groups excluding carboxylic acids is 1. The van der Waals surface area contributed by atoms with Crippen LogP contribution < -0.4 is 0 Å². The lowest BCUT2D eigenvalue weighted by Gasteiger charge is -2.32. The molecule has 1 aliphatic heterocycles. The summed E-state index contributed by atoms with van der Waals surface area (Å²) in [6, 6.07) is 11.4. The maximum atomic E-state index is 10.7. The van der Waals surface area contributed by atoms with E-state index in [1.165, 1.54) is 0 Å². The summed E-state index contributed by atoms with van der Waals surface area (Å²) < 4.78 is 0. The molecule has 1 saturated heterocycles. The number of hydrogen-bond donors (Lipinski definition) is 1. The number of carbonyl (C=O) groups is 1. The Morgan fingerprint density at radius 2 is 1.95 bits per heavy atom. The average molecular weight is 297 g/mol. The predicted octanol–water partition coefficient (Wildman–Crippen LogP) is 1.73. The second-order valence-electron chi connectivity index (χ2n) is 5.48. The minimum Gasteiger partial charge on any atom is -0.508 e. The molecule has 1 amide bonds. The average Bonchev–Trinajstić information content (AvgIpc) is 2.58. The lowest BCUT2D eigenvalue weighted by atomic mass is 10.1. The normalized spacial score (nSPS) is 15.7. The molecular formula is C17H19N3O2. The van der Waals surface area contributed by atoms with Crippen LogP contribution in [0.4, 0.5) is 0 Å². The number of aromatic nitrogens is 1. The van der Waals surface area contributed by atoms with E-state index in [0.717, 1.165) is 49.4 Å². The Labute approximate surface area is 129 Å². The van der Waals surface area contributed by atoms with Gasteiger partial charge in [-0.1, -0.05) is 6.07 Å². The fourth-order valence-electron chi connectivity index (χ4n) is 2.67. The van der Waals surface area contributed by atoms with Gasteiger partial charge in [0, 0.05) is 50.0 Å². The predicted molar refractivity (Wildman–Crippen MR) is 84.3 cm³/mol. The highest BCUT2D eigenvalue weighted by Gasteiger charge is 2.17. The van der Waals surface area contributed by atoms with E-state index < -0.39 is 0 Å². The van der Waals surface area contributed by atoms with Crippen LogP contribution in [-0.2, 0) is 11.3 Å². The quantitative estimate of drug-likeness (QED) is 0.873. The number of benzene rings is 1. The van der Waals surface area contributed by atoms with E-state index in [-0.39, 0.29) is 0 Å². The van der Waals surface area contributed by atoms with Gasteiger partial charge in [-0.3, -0.25) is 14.7 Å². The Morgan fingerprint density at radius 3 is 2.64 bits per heavy atom. The summed E-state index contributed by atoms with van der Waals surface area (Å²) in [7, 11) is 0. The first kappa shape index (κ1) is 14.5. The highest BCUT2D eigenvalue weighted by atomic mass is 16.3. The van der Waals surface area contributed by atoms with Crippen LogP contribution in [0.5, 0.6) is 5.75 Å². The molecule has 3 rings (SSSR count). The Bertz CT molecular complexity index is 638. The zero-order valence-electron chi connectivity index (χ0n) is 12.4. The maximum Gasteiger partial charge on any atom is 0.209 e. The first-order chi connectivity index (χ1) is 10.8. The van der Waals surface area contributed by atoms with Crippen molar-refractivity contribution < 1.29 is 9.90 Å². The third-order valence-electron chi connectivity index (χ3n) is 3.99. The van der Waals surface area contributed by atoms with Crippen molar-refractivity contribution in [1.29, 1.82) is 0 Å². The van der Waals surface area contributed by atoms with Crippen LogP contribution in [0, 0.1) is 0 Å². The second kappa shape index (κ2) is 6.58. The highest BCUT2D eigenvalue weighted by molar-refractivity contribution is 5.61. The first-order valence-electron chi connectivity index (χ1n) is 7.41. The number of amides is 1. The summed E-state index contributed by atoms with van der Waals surface area (Å²) in [5.74, 6) is 0.303. The third kappa shape index (κ3) is 3.26.